The lowest BCUT2D eigenvalue weighted by atomic mass is 10.0. The quantitative estimate of drug-likeness (QED) is 0.808. The third-order valence-corrected chi connectivity index (χ3v) is 4.03. The van der Waals surface area contributed by atoms with E-state index in [9.17, 15) is 9.59 Å². The van der Waals surface area contributed by atoms with Crippen LogP contribution < -0.4 is 16.0 Å². The Bertz CT molecular complexity index is 771. The van der Waals surface area contributed by atoms with Gasteiger partial charge in [0.2, 0.25) is 5.91 Å². The van der Waals surface area contributed by atoms with E-state index in [1.165, 1.54) is 0 Å². The Labute approximate surface area is 140 Å². The first-order valence-corrected chi connectivity index (χ1v) is 7.90. The molecule has 1 atom stereocenters. The van der Waals surface area contributed by atoms with Crippen LogP contribution in [0.5, 0.6) is 0 Å². The number of fused-ring (bicyclic) bond motifs is 1. The van der Waals surface area contributed by atoms with E-state index in [2.05, 4.69) is 20.9 Å². The minimum Gasteiger partial charge on any atom is -0.334 e. The summed E-state index contributed by atoms with van der Waals surface area (Å²) in [6, 6.07) is 9.22. The fourth-order valence-corrected chi connectivity index (χ4v) is 2.63. The van der Waals surface area contributed by atoms with Gasteiger partial charge in [-0.15, -0.1) is 0 Å². The van der Waals surface area contributed by atoms with Crippen LogP contribution in [0.1, 0.15) is 35.3 Å². The maximum Gasteiger partial charge on any atom is 0.315 e. The van der Waals surface area contributed by atoms with Crippen molar-refractivity contribution >= 4 is 17.6 Å². The summed E-state index contributed by atoms with van der Waals surface area (Å²) in [5.41, 5.74) is 4.69. The van der Waals surface area contributed by atoms with Crippen LogP contribution in [0.4, 0.5) is 10.5 Å². The second kappa shape index (κ2) is 6.70. The first kappa shape index (κ1) is 16.0. The average Bonchev–Trinajstić information content (AvgIpc) is 2.93. The highest BCUT2D eigenvalue weighted by molar-refractivity contribution is 5.99. The van der Waals surface area contributed by atoms with E-state index in [1.54, 1.807) is 6.20 Å². The third kappa shape index (κ3) is 3.71. The maximum absolute atomic E-state index is 12.0. The van der Waals surface area contributed by atoms with Crippen molar-refractivity contribution in [2.75, 3.05) is 5.32 Å². The summed E-state index contributed by atoms with van der Waals surface area (Å²) in [4.78, 5) is 27.6. The van der Waals surface area contributed by atoms with E-state index in [4.69, 9.17) is 0 Å². The molecule has 3 rings (SSSR count). The van der Waals surface area contributed by atoms with Gasteiger partial charge < -0.3 is 16.0 Å². The normalized spacial score (nSPS) is 13.8. The summed E-state index contributed by atoms with van der Waals surface area (Å²) >= 11 is 0. The number of hydrogen-bond donors (Lipinski definition) is 3. The number of urea groups is 1. The molecule has 1 aromatic heterocycles. The molecular weight excluding hydrogens is 304 g/mol. The van der Waals surface area contributed by atoms with Crippen LogP contribution in [0, 0.1) is 6.92 Å². The van der Waals surface area contributed by atoms with Crippen molar-refractivity contribution in [3.8, 4) is 0 Å². The number of rotatable bonds is 4. The Morgan fingerprint density at radius 2 is 2.17 bits per heavy atom. The molecule has 0 fully saturated rings. The average molecular weight is 324 g/mol. The van der Waals surface area contributed by atoms with Crippen molar-refractivity contribution in [3.63, 3.8) is 0 Å². The van der Waals surface area contributed by atoms with Gasteiger partial charge in [0.25, 0.3) is 0 Å². The van der Waals surface area contributed by atoms with Crippen LogP contribution in [0.15, 0.2) is 36.5 Å². The molecule has 6 heteroatoms. The summed E-state index contributed by atoms with van der Waals surface area (Å²) in [5, 5.41) is 8.53. The van der Waals surface area contributed by atoms with Crippen LogP contribution in [0.25, 0.3) is 0 Å². The first-order valence-electron chi connectivity index (χ1n) is 7.90. The van der Waals surface area contributed by atoms with Gasteiger partial charge in [0.1, 0.15) is 0 Å². The SMILES string of the molecule is Cc1ccc(CNC(=O)NC(C)c2ccc3c(c2)CC(=O)N3)cn1. The highest BCUT2D eigenvalue weighted by Crippen LogP contribution is 2.26. The molecule has 1 aliphatic heterocycles. The fourth-order valence-electron chi connectivity index (χ4n) is 2.63. The van der Waals surface area contributed by atoms with E-state index in [0.29, 0.717) is 13.0 Å². The minimum absolute atomic E-state index is 0.00668. The second-order valence-electron chi connectivity index (χ2n) is 6.00. The summed E-state index contributed by atoms with van der Waals surface area (Å²) < 4.78 is 0. The molecule has 0 radical (unpaired) electrons. The van der Waals surface area contributed by atoms with Crippen LogP contribution in [-0.2, 0) is 17.8 Å². The van der Waals surface area contributed by atoms with Gasteiger partial charge in [-0.05, 0) is 42.7 Å². The summed E-state index contributed by atoms with van der Waals surface area (Å²) in [6.07, 6.45) is 2.14. The Hall–Kier alpha value is -2.89. The molecule has 1 aliphatic rings. The van der Waals surface area contributed by atoms with Gasteiger partial charge in [0, 0.05) is 24.1 Å². The molecule has 0 bridgehead atoms. The zero-order valence-corrected chi connectivity index (χ0v) is 13.7. The molecule has 1 aromatic carbocycles. The topological polar surface area (TPSA) is 83.1 Å². The maximum atomic E-state index is 12.0. The van der Waals surface area contributed by atoms with Crippen LogP contribution >= 0.6 is 0 Å². The van der Waals surface area contributed by atoms with E-state index >= 15 is 0 Å². The summed E-state index contributed by atoms with van der Waals surface area (Å²) in [7, 11) is 0. The smallest absolute Gasteiger partial charge is 0.315 e. The van der Waals surface area contributed by atoms with Crippen LogP contribution in [-0.4, -0.2) is 16.9 Å². The highest BCUT2D eigenvalue weighted by atomic mass is 16.2. The zero-order chi connectivity index (χ0) is 17.1. The lowest BCUT2D eigenvalue weighted by molar-refractivity contribution is -0.115. The third-order valence-electron chi connectivity index (χ3n) is 4.03. The molecule has 0 spiro atoms. The molecule has 2 aromatic rings. The molecule has 0 aliphatic carbocycles. The number of nitrogens with one attached hydrogen (secondary N) is 3. The molecule has 0 saturated heterocycles. The number of aryl methyl sites for hydroxylation is 1. The van der Waals surface area contributed by atoms with Crippen molar-refractivity contribution in [1.82, 2.24) is 15.6 Å². The van der Waals surface area contributed by atoms with Gasteiger partial charge >= 0.3 is 6.03 Å². The Kier molecular flexibility index (Phi) is 4.46. The number of hydrogen-bond acceptors (Lipinski definition) is 3. The number of nitrogens with zero attached hydrogens (tertiary/aromatic N) is 1. The summed E-state index contributed by atoms with van der Waals surface area (Å²) in [5.74, 6) is 0.00668. The van der Waals surface area contributed by atoms with Gasteiger partial charge in [-0.3, -0.25) is 9.78 Å². The van der Waals surface area contributed by atoms with E-state index in [1.807, 2.05) is 44.2 Å². The Morgan fingerprint density at radius 1 is 1.33 bits per heavy atom. The fraction of sp³-hybridized carbons (Fsp3) is 0.278. The van der Waals surface area contributed by atoms with Gasteiger partial charge in [0.15, 0.2) is 0 Å². The zero-order valence-electron chi connectivity index (χ0n) is 13.7. The Balaban J connectivity index is 1.55. The Morgan fingerprint density at radius 3 is 2.92 bits per heavy atom. The molecule has 2 heterocycles. The molecule has 3 amide bonds. The number of benzene rings is 1. The minimum atomic E-state index is -0.238. The molecule has 124 valence electrons. The van der Waals surface area contributed by atoms with Gasteiger partial charge in [0.05, 0.1) is 12.5 Å². The first-order chi connectivity index (χ1) is 11.5. The largest absolute Gasteiger partial charge is 0.334 e. The van der Waals surface area contributed by atoms with E-state index in [0.717, 1.165) is 28.1 Å². The lowest BCUT2D eigenvalue weighted by Gasteiger charge is -2.16. The number of carbonyl (C=O) groups is 2. The molecule has 24 heavy (non-hydrogen) atoms. The van der Waals surface area contributed by atoms with Crippen molar-refractivity contribution in [1.29, 1.82) is 0 Å². The molecule has 3 N–H and O–H groups in total. The van der Waals surface area contributed by atoms with Gasteiger partial charge in [-0.2, -0.15) is 0 Å². The van der Waals surface area contributed by atoms with Crippen molar-refractivity contribution in [2.45, 2.75) is 32.9 Å². The standard InChI is InChI=1S/C18H20N4O2/c1-11-3-4-13(9-19-11)10-20-18(24)21-12(2)14-5-6-16-15(7-14)8-17(23)22-16/h3-7,9,12H,8,10H2,1-2H3,(H,22,23)(H2,20,21,24). The van der Waals surface area contributed by atoms with Gasteiger partial charge in [-0.25, -0.2) is 4.79 Å². The lowest BCUT2D eigenvalue weighted by Crippen LogP contribution is -2.36. The van der Waals surface area contributed by atoms with Crippen LogP contribution in [0.2, 0.25) is 0 Å². The predicted molar refractivity (Wildman–Crippen MR) is 91.5 cm³/mol. The molecule has 0 saturated carbocycles. The van der Waals surface area contributed by atoms with Crippen LogP contribution in [0.3, 0.4) is 0 Å². The number of anilines is 1. The van der Waals surface area contributed by atoms with Gasteiger partial charge in [-0.1, -0.05) is 18.2 Å². The summed E-state index contributed by atoms with van der Waals surface area (Å²) in [6.45, 7) is 4.26. The van der Waals surface area contributed by atoms with Crippen molar-refractivity contribution in [2.24, 2.45) is 0 Å². The van der Waals surface area contributed by atoms with Crippen molar-refractivity contribution < 1.29 is 9.59 Å². The molecular formula is C18H20N4O2. The number of pyridine rings is 1. The number of aromatic nitrogens is 1. The second-order valence-corrected chi connectivity index (χ2v) is 6.00. The molecule has 1 unspecified atom stereocenters. The molecule has 6 nitrogen and oxygen atoms in total. The number of carbonyl (C=O) groups excluding carboxylic acids is 2. The monoisotopic (exact) mass is 324 g/mol. The highest BCUT2D eigenvalue weighted by Gasteiger charge is 2.19. The van der Waals surface area contributed by atoms with Crippen molar-refractivity contribution in [3.05, 3.63) is 58.9 Å². The number of amides is 3. The predicted octanol–water partition coefficient (Wildman–Crippen LogP) is 2.45. The van der Waals surface area contributed by atoms with E-state index < -0.39 is 0 Å². The van der Waals surface area contributed by atoms with E-state index in [-0.39, 0.29) is 18.0 Å².